The van der Waals surface area contributed by atoms with Gasteiger partial charge in [-0.2, -0.15) is 0 Å². The van der Waals surface area contributed by atoms with E-state index in [-0.39, 0.29) is 6.61 Å². The fraction of sp³-hybridized carbons (Fsp3) is 0.600. The Morgan fingerprint density at radius 1 is 1.12 bits per heavy atom. The standard InChI is InChI=1S/C15H24O/c1-12-5-4-6-13(2)8-10-15(9-7-12)14(3)11-16/h5,8,16H,4,6-7,9-11H2,1-3H3/b12-5+,13-8+,15-14+. The molecule has 0 aromatic heterocycles. The highest BCUT2D eigenvalue weighted by Gasteiger charge is 2.04. The van der Waals surface area contributed by atoms with Gasteiger partial charge in [-0.15, -0.1) is 0 Å². The summed E-state index contributed by atoms with van der Waals surface area (Å²) < 4.78 is 0. The molecule has 1 aliphatic rings. The molecule has 1 aliphatic carbocycles. The van der Waals surface area contributed by atoms with E-state index in [1.165, 1.54) is 29.6 Å². The zero-order chi connectivity index (χ0) is 12.0. The van der Waals surface area contributed by atoms with E-state index in [2.05, 4.69) is 26.0 Å². The summed E-state index contributed by atoms with van der Waals surface area (Å²) in [6.07, 6.45) is 10.3. The Morgan fingerprint density at radius 2 is 1.81 bits per heavy atom. The average Bonchev–Trinajstić information content (AvgIpc) is 2.28. The molecule has 0 atom stereocenters. The van der Waals surface area contributed by atoms with Crippen molar-refractivity contribution in [2.45, 2.75) is 52.9 Å². The second-order valence-electron chi connectivity index (χ2n) is 4.89. The number of rotatable bonds is 1. The molecule has 16 heavy (non-hydrogen) atoms. The van der Waals surface area contributed by atoms with Crippen LogP contribution in [-0.2, 0) is 0 Å². The zero-order valence-corrected chi connectivity index (χ0v) is 10.8. The summed E-state index contributed by atoms with van der Waals surface area (Å²) in [6, 6.07) is 0. The number of aliphatic hydroxyl groups is 1. The smallest absolute Gasteiger partial charge is 0.0641 e. The first-order valence-corrected chi connectivity index (χ1v) is 6.23. The number of allylic oxidation sites excluding steroid dienone is 5. The SMILES string of the molecule is C/C1=C\C/C(=C(\C)CO)CC/C(C)=C/CC1. The third-order valence-electron chi connectivity index (χ3n) is 3.39. The van der Waals surface area contributed by atoms with E-state index < -0.39 is 0 Å². The van der Waals surface area contributed by atoms with Crippen LogP contribution in [0.1, 0.15) is 52.9 Å². The second kappa shape index (κ2) is 6.70. The van der Waals surface area contributed by atoms with Crippen LogP contribution in [0.15, 0.2) is 34.4 Å². The topological polar surface area (TPSA) is 20.2 Å². The van der Waals surface area contributed by atoms with E-state index in [0.29, 0.717) is 0 Å². The van der Waals surface area contributed by atoms with Gasteiger partial charge in [-0.25, -0.2) is 0 Å². The van der Waals surface area contributed by atoms with Crippen molar-refractivity contribution in [1.29, 1.82) is 0 Å². The fourth-order valence-corrected chi connectivity index (χ4v) is 2.00. The van der Waals surface area contributed by atoms with E-state index in [0.717, 1.165) is 24.8 Å². The van der Waals surface area contributed by atoms with Crippen molar-refractivity contribution in [3.8, 4) is 0 Å². The van der Waals surface area contributed by atoms with Crippen LogP contribution in [0.25, 0.3) is 0 Å². The van der Waals surface area contributed by atoms with Crippen LogP contribution in [0.4, 0.5) is 0 Å². The van der Waals surface area contributed by atoms with Gasteiger partial charge in [0.25, 0.3) is 0 Å². The van der Waals surface area contributed by atoms with E-state index in [9.17, 15) is 5.11 Å². The molecule has 1 nitrogen and oxygen atoms in total. The Kier molecular flexibility index (Phi) is 5.54. The van der Waals surface area contributed by atoms with Gasteiger partial charge in [-0.3, -0.25) is 0 Å². The monoisotopic (exact) mass is 220 g/mol. The van der Waals surface area contributed by atoms with Crippen LogP contribution >= 0.6 is 0 Å². The molecule has 1 heteroatoms. The first-order chi connectivity index (χ1) is 7.63. The number of aliphatic hydroxyl groups excluding tert-OH is 1. The van der Waals surface area contributed by atoms with Crippen molar-refractivity contribution in [3.63, 3.8) is 0 Å². The first kappa shape index (κ1) is 13.2. The maximum absolute atomic E-state index is 9.21. The third kappa shape index (κ3) is 4.36. The second-order valence-corrected chi connectivity index (χ2v) is 4.89. The van der Waals surface area contributed by atoms with Gasteiger partial charge in [-0.05, 0) is 58.4 Å². The van der Waals surface area contributed by atoms with Crippen molar-refractivity contribution in [2.75, 3.05) is 6.61 Å². The zero-order valence-electron chi connectivity index (χ0n) is 10.8. The Morgan fingerprint density at radius 3 is 2.50 bits per heavy atom. The molecule has 1 N–H and O–H groups in total. The molecule has 0 aromatic carbocycles. The van der Waals surface area contributed by atoms with Crippen molar-refractivity contribution in [2.24, 2.45) is 0 Å². The predicted molar refractivity (Wildman–Crippen MR) is 70.4 cm³/mol. The predicted octanol–water partition coefficient (Wildman–Crippen LogP) is 4.15. The molecular formula is C15H24O. The third-order valence-corrected chi connectivity index (χ3v) is 3.39. The normalized spacial score (nSPS) is 28.8. The van der Waals surface area contributed by atoms with Crippen molar-refractivity contribution in [1.82, 2.24) is 0 Å². The minimum absolute atomic E-state index is 0.199. The average molecular weight is 220 g/mol. The van der Waals surface area contributed by atoms with Gasteiger partial charge in [-0.1, -0.05) is 28.9 Å². The van der Waals surface area contributed by atoms with Gasteiger partial charge in [0, 0.05) is 0 Å². The van der Waals surface area contributed by atoms with E-state index in [1.54, 1.807) is 0 Å². The number of hydrogen-bond acceptors (Lipinski definition) is 1. The van der Waals surface area contributed by atoms with E-state index >= 15 is 0 Å². The van der Waals surface area contributed by atoms with Crippen LogP contribution in [0.2, 0.25) is 0 Å². The lowest BCUT2D eigenvalue weighted by Crippen LogP contribution is -1.96. The quantitative estimate of drug-likeness (QED) is 0.658. The Balaban J connectivity index is 2.83. The van der Waals surface area contributed by atoms with Gasteiger partial charge in [0.05, 0.1) is 6.61 Å². The van der Waals surface area contributed by atoms with Crippen LogP contribution < -0.4 is 0 Å². The van der Waals surface area contributed by atoms with Crippen molar-refractivity contribution < 1.29 is 5.11 Å². The van der Waals surface area contributed by atoms with Crippen molar-refractivity contribution >= 4 is 0 Å². The summed E-state index contributed by atoms with van der Waals surface area (Å²) in [5, 5.41) is 9.21. The van der Waals surface area contributed by atoms with Gasteiger partial charge in [0.1, 0.15) is 0 Å². The Labute approximate surface area is 99.6 Å². The largest absolute Gasteiger partial charge is 0.392 e. The van der Waals surface area contributed by atoms with Crippen LogP contribution in [0.5, 0.6) is 0 Å². The molecule has 0 spiro atoms. The maximum Gasteiger partial charge on any atom is 0.0641 e. The number of hydrogen-bond donors (Lipinski definition) is 1. The lowest BCUT2D eigenvalue weighted by Gasteiger charge is -2.12. The highest BCUT2D eigenvalue weighted by Crippen LogP contribution is 2.22. The Bertz CT molecular complexity index is 318. The van der Waals surface area contributed by atoms with Crippen LogP contribution in [0.3, 0.4) is 0 Å². The molecular weight excluding hydrogens is 196 g/mol. The molecule has 0 bridgehead atoms. The molecule has 0 unspecified atom stereocenters. The first-order valence-electron chi connectivity index (χ1n) is 6.23. The Hall–Kier alpha value is -0.820. The van der Waals surface area contributed by atoms with Gasteiger partial charge in [0.15, 0.2) is 0 Å². The van der Waals surface area contributed by atoms with Gasteiger partial charge >= 0.3 is 0 Å². The lowest BCUT2D eigenvalue weighted by molar-refractivity contribution is 0.329. The highest BCUT2D eigenvalue weighted by atomic mass is 16.3. The highest BCUT2D eigenvalue weighted by molar-refractivity contribution is 5.20. The lowest BCUT2D eigenvalue weighted by atomic mass is 9.95. The molecule has 90 valence electrons. The summed E-state index contributed by atoms with van der Waals surface area (Å²) in [5.74, 6) is 0. The van der Waals surface area contributed by atoms with Crippen molar-refractivity contribution in [3.05, 3.63) is 34.4 Å². The minimum Gasteiger partial charge on any atom is -0.392 e. The molecule has 0 saturated heterocycles. The van der Waals surface area contributed by atoms with Crippen LogP contribution in [0, 0.1) is 0 Å². The minimum atomic E-state index is 0.199. The molecule has 0 radical (unpaired) electrons. The molecule has 0 amide bonds. The molecule has 0 aliphatic heterocycles. The summed E-state index contributed by atoms with van der Waals surface area (Å²) in [6.45, 7) is 6.66. The molecule has 0 saturated carbocycles. The molecule has 0 fully saturated rings. The molecule has 0 heterocycles. The summed E-state index contributed by atoms with van der Waals surface area (Å²) >= 11 is 0. The van der Waals surface area contributed by atoms with Gasteiger partial charge < -0.3 is 5.11 Å². The van der Waals surface area contributed by atoms with Crippen LogP contribution in [-0.4, -0.2) is 11.7 Å². The molecule has 0 aromatic rings. The molecule has 1 rings (SSSR count). The van der Waals surface area contributed by atoms with Gasteiger partial charge in [0.2, 0.25) is 0 Å². The van der Waals surface area contributed by atoms with E-state index in [1.807, 2.05) is 6.92 Å². The summed E-state index contributed by atoms with van der Waals surface area (Å²) in [5.41, 5.74) is 5.51. The fourth-order valence-electron chi connectivity index (χ4n) is 2.00. The maximum atomic E-state index is 9.21. The summed E-state index contributed by atoms with van der Waals surface area (Å²) in [4.78, 5) is 0. The van der Waals surface area contributed by atoms with E-state index in [4.69, 9.17) is 0 Å². The summed E-state index contributed by atoms with van der Waals surface area (Å²) in [7, 11) is 0.